The second-order valence-corrected chi connectivity index (χ2v) is 5.78. The minimum atomic E-state index is 0.848. The number of fused-ring (bicyclic) bond motifs is 1. The van der Waals surface area contributed by atoms with Gasteiger partial charge in [-0.15, -0.1) is 0 Å². The van der Waals surface area contributed by atoms with Gasteiger partial charge in [-0.05, 0) is 36.2 Å². The number of pyridine rings is 1. The van der Waals surface area contributed by atoms with Gasteiger partial charge in [-0.1, -0.05) is 54.6 Å². The maximum atomic E-state index is 4.59. The number of nitrogens with zero attached hydrogens (tertiary/aromatic N) is 2. The molecule has 0 atom stereocenters. The van der Waals surface area contributed by atoms with Gasteiger partial charge in [0.15, 0.2) is 0 Å². The first-order valence-electron chi connectivity index (χ1n) is 7.88. The van der Waals surface area contributed by atoms with E-state index in [1.165, 1.54) is 27.7 Å². The summed E-state index contributed by atoms with van der Waals surface area (Å²) < 4.78 is 2.38. The lowest BCUT2D eigenvalue weighted by Crippen LogP contribution is -2.02. The smallest absolute Gasteiger partial charge is 0.0869 e. The van der Waals surface area contributed by atoms with Gasteiger partial charge in [0, 0.05) is 23.6 Å². The van der Waals surface area contributed by atoms with Crippen LogP contribution in [0, 0.1) is 6.92 Å². The molecule has 0 N–H and O–H groups in total. The molecule has 0 saturated carbocycles. The van der Waals surface area contributed by atoms with Crippen LogP contribution >= 0.6 is 0 Å². The van der Waals surface area contributed by atoms with Gasteiger partial charge in [0.2, 0.25) is 0 Å². The van der Waals surface area contributed by atoms with Crippen LogP contribution < -0.4 is 0 Å². The summed E-state index contributed by atoms with van der Waals surface area (Å²) in [6.07, 6.45) is 1.86. The topological polar surface area (TPSA) is 17.8 Å². The Labute approximate surface area is 136 Å². The van der Waals surface area contributed by atoms with Crippen molar-refractivity contribution in [3.05, 3.63) is 90.1 Å². The van der Waals surface area contributed by atoms with Gasteiger partial charge in [-0.25, -0.2) is 0 Å². The molecule has 0 aliphatic rings. The molecule has 0 radical (unpaired) electrons. The molecule has 4 rings (SSSR count). The Kier molecular flexibility index (Phi) is 3.43. The monoisotopic (exact) mass is 298 g/mol. The molecule has 2 heteroatoms. The first-order chi connectivity index (χ1) is 11.3. The van der Waals surface area contributed by atoms with E-state index in [9.17, 15) is 0 Å². The van der Waals surface area contributed by atoms with Crippen molar-refractivity contribution < 1.29 is 0 Å². The quantitative estimate of drug-likeness (QED) is 0.517. The fraction of sp³-hybridized carbons (Fsp3) is 0.0952. The molecule has 0 unspecified atom stereocenters. The Morgan fingerprint density at radius 3 is 2.35 bits per heavy atom. The highest BCUT2D eigenvalue weighted by atomic mass is 15.0. The summed E-state index contributed by atoms with van der Waals surface area (Å²) in [5, 5.41) is 1.30. The van der Waals surface area contributed by atoms with Crippen LogP contribution in [-0.2, 0) is 6.54 Å². The third kappa shape index (κ3) is 2.42. The molecule has 0 amide bonds. The molecule has 0 aliphatic heterocycles. The summed E-state index contributed by atoms with van der Waals surface area (Å²) in [6, 6.07) is 25.3. The minimum absolute atomic E-state index is 0.848. The molecular weight excluding hydrogens is 280 g/mol. The Hall–Kier alpha value is -2.87. The van der Waals surface area contributed by atoms with Crippen molar-refractivity contribution in [3.8, 4) is 11.4 Å². The maximum absolute atomic E-state index is 4.59. The normalized spacial score (nSPS) is 11.0. The van der Waals surface area contributed by atoms with Crippen LogP contribution in [0.15, 0.2) is 79.0 Å². The second kappa shape index (κ2) is 5.73. The number of hydrogen-bond donors (Lipinski definition) is 0. The highest BCUT2D eigenvalue weighted by Crippen LogP contribution is 2.32. The average molecular weight is 298 g/mol. The zero-order chi connectivity index (χ0) is 15.6. The van der Waals surface area contributed by atoms with E-state index in [0.717, 1.165) is 12.2 Å². The van der Waals surface area contributed by atoms with E-state index in [2.05, 4.69) is 77.1 Å². The molecule has 0 aliphatic carbocycles. The standard InChI is InChI=1S/C21H18N2/c1-16-18-11-5-6-13-20(18)23(15-17-9-3-2-4-10-17)21(16)19-12-7-8-14-22-19/h2-14H,15H2,1H3. The summed E-state index contributed by atoms with van der Waals surface area (Å²) in [6.45, 7) is 3.04. The second-order valence-electron chi connectivity index (χ2n) is 5.78. The van der Waals surface area contributed by atoms with E-state index < -0.39 is 0 Å². The van der Waals surface area contributed by atoms with Crippen molar-refractivity contribution in [2.24, 2.45) is 0 Å². The summed E-state index contributed by atoms with van der Waals surface area (Å²) in [5.74, 6) is 0. The van der Waals surface area contributed by atoms with Crippen LogP contribution in [0.5, 0.6) is 0 Å². The van der Waals surface area contributed by atoms with Gasteiger partial charge in [-0.3, -0.25) is 4.98 Å². The lowest BCUT2D eigenvalue weighted by molar-refractivity contribution is 0.839. The first-order valence-corrected chi connectivity index (χ1v) is 7.88. The van der Waals surface area contributed by atoms with Crippen molar-refractivity contribution in [1.29, 1.82) is 0 Å². The SMILES string of the molecule is Cc1c(-c2ccccn2)n(Cc2ccccc2)c2ccccc12. The molecule has 23 heavy (non-hydrogen) atoms. The highest BCUT2D eigenvalue weighted by Gasteiger charge is 2.16. The van der Waals surface area contributed by atoms with Crippen molar-refractivity contribution in [2.45, 2.75) is 13.5 Å². The highest BCUT2D eigenvalue weighted by molar-refractivity contribution is 5.91. The van der Waals surface area contributed by atoms with Crippen LogP contribution in [0.3, 0.4) is 0 Å². The number of hydrogen-bond acceptors (Lipinski definition) is 1. The Morgan fingerprint density at radius 2 is 1.57 bits per heavy atom. The summed E-state index contributed by atoms with van der Waals surface area (Å²) in [4.78, 5) is 4.59. The van der Waals surface area contributed by atoms with E-state index in [1.807, 2.05) is 18.3 Å². The molecule has 0 spiro atoms. The fourth-order valence-corrected chi connectivity index (χ4v) is 3.24. The van der Waals surface area contributed by atoms with Gasteiger partial charge in [0.05, 0.1) is 11.4 Å². The predicted octanol–water partition coefficient (Wildman–Crippen LogP) is 5.06. The first kappa shape index (κ1) is 13.8. The van der Waals surface area contributed by atoms with E-state index in [4.69, 9.17) is 0 Å². The molecule has 0 bridgehead atoms. The Morgan fingerprint density at radius 1 is 0.826 bits per heavy atom. The molecule has 0 saturated heterocycles. The zero-order valence-corrected chi connectivity index (χ0v) is 13.1. The lowest BCUT2D eigenvalue weighted by atomic mass is 10.1. The van der Waals surface area contributed by atoms with Crippen molar-refractivity contribution >= 4 is 10.9 Å². The molecule has 112 valence electrons. The lowest BCUT2D eigenvalue weighted by Gasteiger charge is -2.11. The van der Waals surface area contributed by atoms with Crippen molar-refractivity contribution in [3.63, 3.8) is 0 Å². The molecular formula is C21H18N2. The van der Waals surface area contributed by atoms with E-state index in [1.54, 1.807) is 0 Å². The molecule has 2 heterocycles. The van der Waals surface area contributed by atoms with E-state index in [-0.39, 0.29) is 0 Å². The van der Waals surface area contributed by atoms with Crippen LogP contribution in [0.2, 0.25) is 0 Å². The maximum Gasteiger partial charge on any atom is 0.0869 e. The number of benzene rings is 2. The van der Waals surface area contributed by atoms with Crippen molar-refractivity contribution in [1.82, 2.24) is 9.55 Å². The summed E-state index contributed by atoms with van der Waals surface area (Å²) in [7, 11) is 0. The van der Waals surface area contributed by atoms with Gasteiger partial charge < -0.3 is 4.57 Å². The molecule has 4 aromatic rings. The largest absolute Gasteiger partial charge is 0.334 e. The predicted molar refractivity (Wildman–Crippen MR) is 95.5 cm³/mol. The number of aryl methyl sites for hydroxylation is 1. The fourth-order valence-electron chi connectivity index (χ4n) is 3.24. The minimum Gasteiger partial charge on any atom is -0.334 e. The molecule has 0 fully saturated rings. The number of rotatable bonds is 3. The molecule has 2 nitrogen and oxygen atoms in total. The van der Waals surface area contributed by atoms with Crippen molar-refractivity contribution in [2.75, 3.05) is 0 Å². The zero-order valence-electron chi connectivity index (χ0n) is 13.1. The number of aromatic nitrogens is 2. The van der Waals surface area contributed by atoms with Crippen LogP contribution in [0.25, 0.3) is 22.3 Å². The summed E-state index contributed by atoms with van der Waals surface area (Å²) >= 11 is 0. The summed E-state index contributed by atoms with van der Waals surface area (Å²) in [5.41, 5.74) is 6.07. The van der Waals surface area contributed by atoms with Gasteiger partial charge >= 0.3 is 0 Å². The average Bonchev–Trinajstić information content (AvgIpc) is 2.89. The number of para-hydroxylation sites is 1. The van der Waals surface area contributed by atoms with Gasteiger partial charge in [0.25, 0.3) is 0 Å². The Balaban J connectivity index is 1.97. The third-order valence-corrected chi connectivity index (χ3v) is 4.31. The van der Waals surface area contributed by atoms with Gasteiger partial charge in [-0.2, -0.15) is 0 Å². The van der Waals surface area contributed by atoms with Crippen LogP contribution in [0.1, 0.15) is 11.1 Å². The van der Waals surface area contributed by atoms with Gasteiger partial charge in [0.1, 0.15) is 0 Å². The van der Waals surface area contributed by atoms with E-state index >= 15 is 0 Å². The van der Waals surface area contributed by atoms with Crippen LogP contribution in [-0.4, -0.2) is 9.55 Å². The Bertz CT molecular complexity index is 938. The molecule has 2 aromatic heterocycles. The third-order valence-electron chi connectivity index (χ3n) is 4.31. The van der Waals surface area contributed by atoms with E-state index in [0.29, 0.717) is 0 Å². The molecule has 2 aromatic carbocycles. The van der Waals surface area contributed by atoms with Crippen LogP contribution in [0.4, 0.5) is 0 Å².